The molecule has 1 atom stereocenters. The molecule has 0 radical (unpaired) electrons. The second kappa shape index (κ2) is 3.32. The third-order valence-corrected chi connectivity index (χ3v) is 2.17. The zero-order valence-corrected chi connectivity index (χ0v) is 5.78. The molecule has 3 N–H and O–H groups in total. The molecule has 1 unspecified atom stereocenters. The molecular weight excluding hydrogens is 148 g/mol. The first kappa shape index (κ1) is 8.26. The Bertz CT molecular complexity index is 99.3. The van der Waals surface area contributed by atoms with Crippen molar-refractivity contribution in [2.45, 2.75) is 0 Å². The molecule has 48 valence electrons. The van der Waals surface area contributed by atoms with E-state index in [9.17, 15) is 4.55 Å². The van der Waals surface area contributed by atoms with Crippen molar-refractivity contribution < 1.29 is 4.55 Å². The van der Waals surface area contributed by atoms with Crippen LogP contribution in [0.2, 0.25) is 0 Å². The van der Waals surface area contributed by atoms with Gasteiger partial charge < -0.3 is 10.7 Å². The molecule has 0 bridgehead atoms. The van der Waals surface area contributed by atoms with Crippen LogP contribution in [0.1, 0.15) is 0 Å². The maximum Gasteiger partial charge on any atom is 0.137 e. The van der Waals surface area contributed by atoms with Gasteiger partial charge in [-0.2, -0.15) is 0 Å². The molecule has 8 heavy (non-hydrogen) atoms. The molecule has 1 aliphatic heterocycles. The Labute approximate surface area is 56.3 Å². The highest BCUT2D eigenvalue weighted by Gasteiger charge is 2.17. The van der Waals surface area contributed by atoms with E-state index in [1.165, 1.54) is 3.82 Å². The van der Waals surface area contributed by atoms with Crippen LogP contribution in [0.4, 0.5) is 0 Å². The Morgan fingerprint density at radius 1 is 1.75 bits per heavy atom. The maximum atomic E-state index is 10.4. The van der Waals surface area contributed by atoms with E-state index in [0.717, 1.165) is 0 Å². The molecule has 1 heterocycles. The van der Waals surface area contributed by atoms with Crippen molar-refractivity contribution in [3.05, 3.63) is 11.5 Å². The quantitative estimate of drug-likeness (QED) is 0.415. The predicted molar refractivity (Wildman–Crippen MR) is 34.9 cm³/mol. The largest absolute Gasteiger partial charge is 0.592 e. The van der Waals surface area contributed by atoms with E-state index in [1.54, 1.807) is 11.5 Å². The lowest BCUT2D eigenvalue weighted by atomic mass is 10.7. The summed E-state index contributed by atoms with van der Waals surface area (Å²) in [4.78, 5) is 0. The minimum absolute atomic E-state index is 0. The number of hydrogen-bond acceptors (Lipinski definition) is 3. The van der Waals surface area contributed by atoms with Gasteiger partial charge in [0.15, 0.2) is 0 Å². The van der Waals surface area contributed by atoms with E-state index in [1.807, 2.05) is 0 Å². The lowest BCUT2D eigenvalue weighted by molar-refractivity contribution is 0.567. The standard InChI is InChI=1S/C3H4ClNOS.H3N/c4-5-2-1-3-7(5)6;/h1,3H,2H2;1H3. The van der Waals surface area contributed by atoms with Crippen molar-refractivity contribution in [3.8, 4) is 0 Å². The zero-order valence-electron chi connectivity index (χ0n) is 4.21. The molecule has 0 spiro atoms. The molecule has 0 saturated carbocycles. The summed E-state index contributed by atoms with van der Waals surface area (Å²) >= 11 is 4.28. The van der Waals surface area contributed by atoms with Crippen LogP contribution in [0.3, 0.4) is 0 Å². The molecule has 1 rings (SSSR count). The summed E-state index contributed by atoms with van der Waals surface area (Å²) < 4.78 is 11.6. The molecule has 5 heteroatoms. The highest BCUT2D eigenvalue weighted by atomic mass is 35.5. The van der Waals surface area contributed by atoms with Crippen molar-refractivity contribution >= 4 is 23.1 Å². The average molecular weight is 155 g/mol. The van der Waals surface area contributed by atoms with Gasteiger partial charge in [-0.25, -0.2) is 0 Å². The second-order valence-electron chi connectivity index (χ2n) is 1.15. The SMILES string of the molecule is N.[O-][S+]1C=CCN1Cl. The van der Waals surface area contributed by atoms with Crippen LogP contribution >= 0.6 is 11.8 Å². The summed E-state index contributed by atoms with van der Waals surface area (Å²) in [7, 11) is 0. The van der Waals surface area contributed by atoms with Crippen LogP contribution in [0.15, 0.2) is 11.5 Å². The topological polar surface area (TPSA) is 61.3 Å². The molecule has 0 saturated heterocycles. The lowest BCUT2D eigenvalue weighted by Crippen LogP contribution is -2.12. The van der Waals surface area contributed by atoms with E-state index in [4.69, 9.17) is 11.8 Å². The highest BCUT2D eigenvalue weighted by Crippen LogP contribution is 2.12. The van der Waals surface area contributed by atoms with E-state index < -0.39 is 11.4 Å². The van der Waals surface area contributed by atoms with Crippen molar-refractivity contribution in [1.82, 2.24) is 9.97 Å². The molecule has 0 aromatic heterocycles. The van der Waals surface area contributed by atoms with Crippen LogP contribution in [0.25, 0.3) is 0 Å². The number of hydrogen-bond donors (Lipinski definition) is 1. The van der Waals surface area contributed by atoms with Crippen molar-refractivity contribution in [2.24, 2.45) is 0 Å². The van der Waals surface area contributed by atoms with Crippen LogP contribution in [-0.4, -0.2) is 14.9 Å². The molecule has 0 aliphatic carbocycles. The first-order valence-corrected chi connectivity index (χ1v) is 3.32. The summed E-state index contributed by atoms with van der Waals surface area (Å²) in [6, 6.07) is 0. The van der Waals surface area contributed by atoms with Gasteiger partial charge in [0, 0.05) is 11.8 Å². The summed E-state index contributed by atoms with van der Waals surface area (Å²) in [5.74, 6) is 0. The zero-order chi connectivity index (χ0) is 5.28. The van der Waals surface area contributed by atoms with Gasteiger partial charge in [0.25, 0.3) is 0 Å². The van der Waals surface area contributed by atoms with E-state index in [2.05, 4.69) is 0 Å². The van der Waals surface area contributed by atoms with Gasteiger partial charge >= 0.3 is 0 Å². The first-order chi connectivity index (χ1) is 3.30. The van der Waals surface area contributed by atoms with Gasteiger partial charge in [0.2, 0.25) is 0 Å². The van der Waals surface area contributed by atoms with Crippen molar-refractivity contribution in [1.29, 1.82) is 0 Å². The predicted octanol–water partition coefficient (Wildman–Crippen LogP) is 0.795. The van der Waals surface area contributed by atoms with Gasteiger partial charge in [-0.3, -0.25) is 0 Å². The van der Waals surface area contributed by atoms with Crippen molar-refractivity contribution in [2.75, 3.05) is 6.54 Å². The van der Waals surface area contributed by atoms with E-state index in [-0.39, 0.29) is 6.15 Å². The Kier molecular flexibility index (Phi) is 3.43. The van der Waals surface area contributed by atoms with Gasteiger partial charge in [-0.15, -0.1) is 0 Å². The molecule has 3 nitrogen and oxygen atoms in total. The maximum absolute atomic E-state index is 10.4. The fourth-order valence-corrected chi connectivity index (χ4v) is 1.18. The molecule has 1 aliphatic rings. The monoisotopic (exact) mass is 154 g/mol. The third-order valence-electron chi connectivity index (χ3n) is 0.657. The molecule has 0 amide bonds. The number of nitrogens with zero attached hydrogens (tertiary/aromatic N) is 1. The van der Waals surface area contributed by atoms with Gasteiger partial charge in [-0.1, -0.05) is 0 Å². The van der Waals surface area contributed by atoms with Gasteiger partial charge in [0.05, 0.1) is 17.9 Å². The lowest BCUT2D eigenvalue weighted by Gasteiger charge is -2.03. The summed E-state index contributed by atoms with van der Waals surface area (Å²) in [6.45, 7) is 0.591. The van der Waals surface area contributed by atoms with Gasteiger partial charge in [-0.05, 0) is 9.90 Å². The summed E-state index contributed by atoms with van der Waals surface area (Å²) in [6.07, 6.45) is 1.77. The van der Waals surface area contributed by atoms with E-state index in [0.29, 0.717) is 6.54 Å². The van der Waals surface area contributed by atoms with Crippen LogP contribution in [-0.2, 0) is 11.4 Å². The molecule has 0 aromatic rings. The molecule has 0 aromatic carbocycles. The Morgan fingerprint density at radius 3 is 2.50 bits per heavy atom. The van der Waals surface area contributed by atoms with Crippen molar-refractivity contribution in [3.63, 3.8) is 0 Å². The van der Waals surface area contributed by atoms with Crippen LogP contribution in [0.5, 0.6) is 0 Å². The Morgan fingerprint density at radius 2 is 2.38 bits per heavy atom. The summed E-state index contributed by atoms with van der Waals surface area (Å²) in [5.41, 5.74) is 0. The van der Waals surface area contributed by atoms with Crippen LogP contribution in [0, 0.1) is 0 Å². The fraction of sp³-hybridized carbons (Fsp3) is 0.333. The number of rotatable bonds is 0. The second-order valence-corrected chi connectivity index (χ2v) is 3.02. The third kappa shape index (κ3) is 1.65. The average Bonchev–Trinajstić information content (AvgIpc) is 1.91. The van der Waals surface area contributed by atoms with Crippen LogP contribution < -0.4 is 6.15 Å². The fourth-order valence-electron chi connectivity index (χ4n) is 0.348. The van der Waals surface area contributed by atoms with Gasteiger partial charge in [0.1, 0.15) is 5.41 Å². The smallest absolute Gasteiger partial charge is 0.137 e. The first-order valence-electron chi connectivity index (χ1n) is 1.81. The summed E-state index contributed by atoms with van der Waals surface area (Å²) in [5, 5.41) is 1.56. The molecule has 0 fully saturated rings. The highest BCUT2D eigenvalue weighted by molar-refractivity contribution is 7.93. The number of halogens is 1. The minimum atomic E-state index is -1.05. The molecular formula is C3H7ClN2OS. The Balaban J connectivity index is 0.000000490. The Hall–Kier alpha value is 0.260. The van der Waals surface area contributed by atoms with E-state index >= 15 is 0 Å². The normalized spacial score (nSPS) is 28.0. The minimum Gasteiger partial charge on any atom is -0.592 e.